The van der Waals surface area contributed by atoms with Crippen molar-refractivity contribution in [2.24, 2.45) is 0 Å². The maximum Gasteiger partial charge on any atom is 0.126 e. The van der Waals surface area contributed by atoms with E-state index in [1.54, 1.807) is 6.07 Å². The molecule has 3 rings (SSSR count). The summed E-state index contributed by atoms with van der Waals surface area (Å²) in [4.78, 5) is 2.23. The van der Waals surface area contributed by atoms with Crippen LogP contribution in [0.5, 0.6) is 0 Å². The molecule has 1 aliphatic carbocycles. The van der Waals surface area contributed by atoms with Crippen LogP contribution in [0, 0.1) is 5.82 Å². The van der Waals surface area contributed by atoms with E-state index in [-0.39, 0.29) is 5.82 Å². The number of nitrogens with one attached hydrogen (secondary N) is 1. The van der Waals surface area contributed by atoms with Gasteiger partial charge < -0.3 is 10.2 Å². The van der Waals surface area contributed by atoms with Crippen molar-refractivity contribution in [2.45, 2.75) is 37.8 Å². The van der Waals surface area contributed by atoms with Gasteiger partial charge in [-0.05, 0) is 43.9 Å². The van der Waals surface area contributed by atoms with E-state index in [0.717, 1.165) is 31.2 Å². The molecule has 0 amide bonds. The summed E-state index contributed by atoms with van der Waals surface area (Å²) in [6, 6.07) is 6.05. The lowest BCUT2D eigenvalue weighted by atomic mass is 10.0. The Labute approximate surface area is 112 Å². The molecular formula is C14H18ClFN2. The minimum atomic E-state index is -0.255. The van der Waals surface area contributed by atoms with Gasteiger partial charge in [-0.25, -0.2) is 4.39 Å². The number of halogens is 2. The number of anilines is 1. The van der Waals surface area contributed by atoms with Gasteiger partial charge in [0, 0.05) is 35.9 Å². The van der Waals surface area contributed by atoms with Gasteiger partial charge in [-0.2, -0.15) is 0 Å². The standard InChI is InChI=1S/C14H18ClFN2/c15-10-6-11(16)8-14(7-10)18-5-1-2-13(9-18)17-12-3-4-12/h6-8,12-13,17H,1-5,9H2. The third-order valence-electron chi connectivity index (χ3n) is 3.68. The van der Waals surface area contributed by atoms with Gasteiger partial charge in [0.05, 0.1) is 0 Å². The summed E-state index contributed by atoms with van der Waals surface area (Å²) in [6.45, 7) is 1.94. The summed E-state index contributed by atoms with van der Waals surface area (Å²) in [7, 11) is 0. The molecule has 1 aromatic rings. The summed E-state index contributed by atoms with van der Waals surface area (Å²) in [6.07, 6.45) is 4.99. The van der Waals surface area contributed by atoms with E-state index in [4.69, 9.17) is 11.6 Å². The Hall–Kier alpha value is -0.800. The Morgan fingerprint density at radius 3 is 2.72 bits per heavy atom. The normalized spacial score (nSPS) is 24.3. The van der Waals surface area contributed by atoms with Gasteiger partial charge >= 0.3 is 0 Å². The molecule has 2 fully saturated rings. The summed E-state index contributed by atoms with van der Waals surface area (Å²) in [5.74, 6) is -0.255. The summed E-state index contributed by atoms with van der Waals surface area (Å²) in [5, 5.41) is 4.13. The lowest BCUT2D eigenvalue weighted by Gasteiger charge is -2.35. The van der Waals surface area contributed by atoms with Gasteiger partial charge in [-0.1, -0.05) is 11.6 Å². The van der Waals surface area contributed by atoms with Crippen molar-refractivity contribution in [3.8, 4) is 0 Å². The maximum atomic E-state index is 13.4. The van der Waals surface area contributed by atoms with Crippen molar-refractivity contribution in [2.75, 3.05) is 18.0 Å². The zero-order valence-electron chi connectivity index (χ0n) is 10.3. The number of hydrogen-bond donors (Lipinski definition) is 1. The van der Waals surface area contributed by atoms with Crippen LogP contribution in [-0.2, 0) is 0 Å². The number of hydrogen-bond acceptors (Lipinski definition) is 2. The van der Waals surface area contributed by atoms with Crippen LogP contribution in [0.15, 0.2) is 18.2 Å². The SMILES string of the molecule is Fc1cc(Cl)cc(N2CCCC(NC3CC3)C2)c1. The zero-order valence-corrected chi connectivity index (χ0v) is 11.1. The van der Waals surface area contributed by atoms with Crippen molar-refractivity contribution in [3.05, 3.63) is 29.0 Å². The average molecular weight is 269 g/mol. The molecule has 0 spiro atoms. The van der Waals surface area contributed by atoms with E-state index in [1.165, 1.54) is 25.3 Å². The largest absolute Gasteiger partial charge is 0.370 e. The molecule has 1 saturated heterocycles. The minimum absolute atomic E-state index is 0.255. The highest BCUT2D eigenvalue weighted by Crippen LogP contribution is 2.26. The molecule has 2 aliphatic rings. The molecule has 18 heavy (non-hydrogen) atoms. The molecular weight excluding hydrogens is 251 g/mol. The second kappa shape index (κ2) is 5.06. The Kier molecular flexibility index (Phi) is 3.44. The monoisotopic (exact) mass is 268 g/mol. The van der Waals surface area contributed by atoms with Crippen molar-refractivity contribution in [3.63, 3.8) is 0 Å². The molecule has 98 valence electrons. The minimum Gasteiger partial charge on any atom is -0.370 e. The van der Waals surface area contributed by atoms with Crippen LogP contribution in [0.1, 0.15) is 25.7 Å². The number of rotatable bonds is 3. The smallest absolute Gasteiger partial charge is 0.126 e. The highest BCUT2D eigenvalue weighted by atomic mass is 35.5. The van der Waals surface area contributed by atoms with E-state index in [1.807, 2.05) is 6.07 Å². The van der Waals surface area contributed by atoms with Gasteiger partial charge in [-0.3, -0.25) is 0 Å². The van der Waals surface area contributed by atoms with Crippen LogP contribution in [0.25, 0.3) is 0 Å². The van der Waals surface area contributed by atoms with Crippen LogP contribution in [-0.4, -0.2) is 25.2 Å². The zero-order chi connectivity index (χ0) is 12.5. The molecule has 1 heterocycles. The predicted octanol–water partition coefficient (Wildman–Crippen LogP) is 3.20. The fraction of sp³-hybridized carbons (Fsp3) is 0.571. The van der Waals surface area contributed by atoms with Crippen LogP contribution in [0.2, 0.25) is 5.02 Å². The lowest BCUT2D eigenvalue weighted by molar-refractivity contribution is 0.420. The topological polar surface area (TPSA) is 15.3 Å². The lowest BCUT2D eigenvalue weighted by Crippen LogP contribution is -2.46. The summed E-state index contributed by atoms with van der Waals surface area (Å²) < 4.78 is 13.4. The van der Waals surface area contributed by atoms with Crippen LogP contribution in [0.3, 0.4) is 0 Å². The fourth-order valence-electron chi connectivity index (χ4n) is 2.65. The van der Waals surface area contributed by atoms with Crippen molar-refractivity contribution < 1.29 is 4.39 Å². The first-order chi connectivity index (χ1) is 8.70. The second-order valence-corrected chi connectivity index (χ2v) is 5.79. The van der Waals surface area contributed by atoms with Crippen molar-refractivity contribution in [1.29, 1.82) is 0 Å². The highest BCUT2D eigenvalue weighted by molar-refractivity contribution is 6.30. The first-order valence-electron chi connectivity index (χ1n) is 6.68. The number of piperidine rings is 1. The van der Waals surface area contributed by atoms with E-state index in [0.29, 0.717) is 11.1 Å². The molecule has 4 heteroatoms. The molecule has 1 aromatic carbocycles. The molecule has 1 aliphatic heterocycles. The average Bonchev–Trinajstić information content (AvgIpc) is 3.12. The maximum absolute atomic E-state index is 13.4. The second-order valence-electron chi connectivity index (χ2n) is 5.35. The van der Waals surface area contributed by atoms with Crippen LogP contribution in [0.4, 0.5) is 10.1 Å². The molecule has 1 unspecified atom stereocenters. The van der Waals surface area contributed by atoms with Gasteiger partial charge in [0.15, 0.2) is 0 Å². The first kappa shape index (κ1) is 12.2. The van der Waals surface area contributed by atoms with E-state index < -0.39 is 0 Å². The Morgan fingerprint density at radius 2 is 2.00 bits per heavy atom. The van der Waals surface area contributed by atoms with Gasteiger partial charge in [0.2, 0.25) is 0 Å². The number of benzene rings is 1. The van der Waals surface area contributed by atoms with Crippen molar-refractivity contribution >= 4 is 17.3 Å². The molecule has 0 aromatic heterocycles. The fourth-order valence-corrected chi connectivity index (χ4v) is 2.87. The number of nitrogens with zero attached hydrogens (tertiary/aromatic N) is 1. The molecule has 2 nitrogen and oxygen atoms in total. The summed E-state index contributed by atoms with van der Waals surface area (Å²) >= 11 is 5.92. The third-order valence-corrected chi connectivity index (χ3v) is 3.90. The molecule has 0 radical (unpaired) electrons. The molecule has 1 N–H and O–H groups in total. The third kappa shape index (κ3) is 2.96. The van der Waals surface area contributed by atoms with Crippen LogP contribution >= 0.6 is 11.6 Å². The van der Waals surface area contributed by atoms with Crippen LogP contribution < -0.4 is 10.2 Å². The van der Waals surface area contributed by atoms with Gasteiger partial charge in [0.25, 0.3) is 0 Å². The van der Waals surface area contributed by atoms with E-state index in [2.05, 4.69) is 10.2 Å². The Balaban J connectivity index is 1.70. The Bertz CT molecular complexity index is 414. The predicted molar refractivity (Wildman–Crippen MR) is 72.8 cm³/mol. The van der Waals surface area contributed by atoms with Gasteiger partial charge in [0.1, 0.15) is 5.82 Å². The molecule has 1 saturated carbocycles. The summed E-state index contributed by atoms with van der Waals surface area (Å²) in [5.41, 5.74) is 0.905. The van der Waals surface area contributed by atoms with Crippen molar-refractivity contribution in [1.82, 2.24) is 5.32 Å². The van der Waals surface area contributed by atoms with E-state index >= 15 is 0 Å². The Morgan fingerprint density at radius 1 is 1.17 bits per heavy atom. The quantitative estimate of drug-likeness (QED) is 0.906. The molecule has 0 bridgehead atoms. The molecule has 1 atom stereocenters. The highest BCUT2D eigenvalue weighted by Gasteiger charge is 2.27. The first-order valence-corrected chi connectivity index (χ1v) is 7.05. The van der Waals surface area contributed by atoms with E-state index in [9.17, 15) is 4.39 Å². The van der Waals surface area contributed by atoms with Gasteiger partial charge in [-0.15, -0.1) is 0 Å².